The van der Waals surface area contributed by atoms with Crippen molar-refractivity contribution in [3.8, 4) is 6.07 Å². The molecule has 0 saturated carbocycles. The lowest BCUT2D eigenvalue weighted by Gasteiger charge is -2.37. The van der Waals surface area contributed by atoms with E-state index in [1.807, 2.05) is 0 Å². The molecule has 0 aliphatic heterocycles. The molecule has 0 aliphatic rings. The number of esters is 1. The van der Waals surface area contributed by atoms with E-state index in [9.17, 15) is 10.1 Å². The van der Waals surface area contributed by atoms with Crippen LogP contribution in [0.5, 0.6) is 0 Å². The van der Waals surface area contributed by atoms with Gasteiger partial charge in [-0.15, -0.1) is 0 Å². The summed E-state index contributed by atoms with van der Waals surface area (Å²) in [6.07, 6.45) is 0.955. The molecule has 0 bridgehead atoms. The van der Waals surface area contributed by atoms with E-state index >= 15 is 0 Å². The first kappa shape index (κ1) is 25.0. The minimum atomic E-state index is -1.94. The molecule has 28 heavy (non-hydrogen) atoms. The molecule has 0 saturated heterocycles. The fourth-order valence-electron chi connectivity index (χ4n) is 2.63. The number of nitriles is 1. The van der Waals surface area contributed by atoms with Gasteiger partial charge in [-0.1, -0.05) is 50.0 Å². The van der Waals surface area contributed by atoms with Gasteiger partial charge in [0.25, 0.3) is 0 Å². The van der Waals surface area contributed by atoms with Gasteiger partial charge in [0.2, 0.25) is 0 Å². The van der Waals surface area contributed by atoms with Crippen molar-refractivity contribution in [2.45, 2.75) is 70.5 Å². The molecule has 1 aromatic carbocycles. The Balaban J connectivity index is 3.10. The Morgan fingerprint density at radius 3 is 2.32 bits per heavy atom. The smallest absolute Gasteiger partial charge is 0.305 e. The van der Waals surface area contributed by atoms with Crippen molar-refractivity contribution in [2.24, 2.45) is 0 Å². The van der Waals surface area contributed by atoms with Crippen LogP contribution < -0.4 is 0 Å². The predicted molar refractivity (Wildman–Crippen MR) is 117 cm³/mol. The molecule has 0 heterocycles. The first-order valence-electron chi connectivity index (χ1n) is 9.55. The fourth-order valence-corrected chi connectivity index (χ4v) is 3.97. The van der Waals surface area contributed by atoms with Crippen LogP contribution in [-0.2, 0) is 19.4 Å². The van der Waals surface area contributed by atoms with Crippen LogP contribution in [-0.4, -0.2) is 27.5 Å². The third kappa shape index (κ3) is 6.49. The standard InChI is InChI=1S/C21H31Cl2NO3Si/c1-7-26-19(25)10-11-21(15-24,16-8-9-17(22)18(23)14-16)12-13-27-28(5,6)20(2,3)4/h8-9,14H,7,10-13H2,1-6H3. The third-order valence-electron chi connectivity index (χ3n) is 5.55. The van der Waals surface area contributed by atoms with Crippen molar-refractivity contribution >= 4 is 37.5 Å². The number of carbonyl (C=O) groups is 1. The minimum Gasteiger partial charge on any atom is -0.466 e. The van der Waals surface area contributed by atoms with Crippen LogP contribution in [0.25, 0.3) is 0 Å². The van der Waals surface area contributed by atoms with Crippen LogP contribution >= 0.6 is 23.2 Å². The Hall–Kier alpha value is -1.06. The van der Waals surface area contributed by atoms with Crippen molar-refractivity contribution in [1.82, 2.24) is 0 Å². The van der Waals surface area contributed by atoms with E-state index in [0.29, 0.717) is 36.1 Å². The first-order valence-corrected chi connectivity index (χ1v) is 13.2. The Morgan fingerprint density at radius 2 is 1.82 bits per heavy atom. The van der Waals surface area contributed by atoms with Crippen molar-refractivity contribution in [2.75, 3.05) is 13.2 Å². The maximum absolute atomic E-state index is 11.9. The number of rotatable bonds is 9. The molecule has 7 heteroatoms. The van der Waals surface area contributed by atoms with E-state index < -0.39 is 13.7 Å². The van der Waals surface area contributed by atoms with E-state index in [2.05, 4.69) is 39.9 Å². The van der Waals surface area contributed by atoms with Gasteiger partial charge >= 0.3 is 5.97 Å². The van der Waals surface area contributed by atoms with Gasteiger partial charge in [0.1, 0.15) is 0 Å². The summed E-state index contributed by atoms with van der Waals surface area (Å²) in [6.45, 7) is 13.4. The number of carbonyl (C=O) groups excluding carboxylic acids is 1. The van der Waals surface area contributed by atoms with E-state index in [1.54, 1.807) is 25.1 Å². The van der Waals surface area contributed by atoms with Gasteiger partial charge in [-0.25, -0.2) is 0 Å². The molecule has 0 amide bonds. The molecule has 0 radical (unpaired) electrons. The quantitative estimate of drug-likeness (QED) is 0.322. The highest BCUT2D eigenvalue weighted by Crippen LogP contribution is 2.39. The number of benzene rings is 1. The summed E-state index contributed by atoms with van der Waals surface area (Å²) in [7, 11) is -1.94. The molecule has 1 rings (SSSR count). The second-order valence-electron chi connectivity index (χ2n) is 8.49. The first-order chi connectivity index (χ1) is 12.9. The Morgan fingerprint density at radius 1 is 1.18 bits per heavy atom. The number of ether oxygens (including phenoxy) is 1. The molecule has 156 valence electrons. The average Bonchev–Trinajstić information content (AvgIpc) is 2.59. The van der Waals surface area contributed by atoms with Gasteiger partial charge < -0.3 is 9.16 Å². The summed E-state index contributed by atoms with van der Waals surface area (Å²) in [5, 5.41) is 11.0. The van der Waals surface area contributed by atoms with E-state index in [1.165, 1.54) is 0 Å². The van der Waals surface area contributed by atoms with Crippen molar-refractivity contribution in [3.05, 3.63) is 33.8 Å². The molecule has 0 aliphatic carbocycles. The van der Waals surface area contributed by atoms with Crippen molar-refractivity contribution in [3.63, 3.8) is 0 Å². The van der Waals surface area contributed by atoms with Crippen LogP contribution in [0.3, 0.4) is 0 Å². The van der Waals surface area contributed by atoms with Crippen molar-refractivity contribution < 1.29 is 14.0 Å². The van der Waals surface area contributed by atoms with Crippen LogP contribution in [0.4, 0.5) is 0 Å². The monoisotopic (exact) mass is 443 g/mol. The topological polar surface area (TPSA) is 59.3 Å². The number of halogens is 2. The third-order valence-corrected chi connectivity index (χ3v) is 10.8. The van der Waals surface area contributed by atoms with Gasteiger partial charge in [0.05, 0.1) is 28.1 Å². The number of hydrogen-bond donors (Lipinski definition) is 0. The van der Waals surface area contributed by atoms with Crippen molar-refractivity contribution in [1.29, 1.82) is 5.26 Å². The highest BCUT2D eigenvalue weighted by Gasteiger charge is 2.39. The second kappa shape index (κ2) is 10.1. The number of nitrogens with zero attached hydrogens (tertiary/aromatic N) is 1. The van der Waals surface area contributed by atoms with Crippen LogP contribution in [0.2, 0.25) is 28.2 Å². The average molecular weight is 444 g/mol. The maximum atomic E-state index is 11.9. The van der Waals surface area contributed by atoms with Gasteiger partial charge in [-0.05, 0) is 55.6 Å². The molecule has 1 atom stereocenters. The summed E-state index contributed by atoms with van der Waals surface area (Å²) >= 11 is 12.2. The lowest BCUT2D eigenvalue weighted by molar-refractivity contribution is -0.143. The zero-order valence-electron chi connectivity index (χ0n) is 17.7. The minimum absolute atomic E-state index is 0.0802. The zero-order chi connectivity index (χ0) is 21.6. The van der Waals surface area contributed by atoms with E-state index in [0.717, 1.165) is 5.56 Å². The molecule has 0 aromatic heterocycles. The molecule has 0 spiro atoms. The predicted octanol–water partition coefficient (Wildman–Crippen LogP) is 6.51. The highest BCUT2D eigenvalue weighted by molar-refractivity contribution is 6.74. The summed E-state index contributed by atoms with van der Waals surface area (Å²) in [4.78, 5) is 11.9. The SMILES string of the molecule is CCOC(=O)CCC(C#N)(CCO[Si](C)(C)C(C)(C)C)c1ccc(Cl)c(Cl)c1. The van der Waals surface area contributed by atoms with Gasteiger partial charge in [0, 0.05) is 13.0 Å². The highest BCUT2D eigenvalue weighted by atomic mass is 35.5. The summed E-state index contributed by atoms with van der Waals surface area (Å²) in [6, 6.07) is 7.63. The zero-order valence-corrected chi connectivity index (χ0v) is 20.2. The van der Waals surface area contributed by atoms with Gasteiger partial charge in [-0.3, -0.25) is 4.79 Å². The van der Waals surface area contributed by atoms with Crippen LogP contribution in [0.1, 0.15) is 52.5 Å². The van der Waals surface area contributed by atoms with Crippen LogP contribution in [0.15, 0.2) is 18.2 Å². The molecule has 4 nitrogen and oxygen atoms in total. The maximum Gasteiger partial charge on any atom is 0.305 e. The second-order valence-corrected chi connectivity index (χ2v) is 14.1. The van der Waals surface area contributed by atoms with E-state index in [4.69, 9.17) is 32.4 Å². The Labute approximate surface area is 180 Å². The summed E-state index contributed by atoms with van der Waals surface area (Å²) in [5.74, 6) is -0.312. The van der Waals surface area contributed by atoms with Gasteiger partial charge in [0.15, 0.2) is 8.32 Å². The number of hydrogen-bond acceptors (Lipinski definition) is 4. The van der Waals surface area contributed by atoms with Crippen LogP contribution in [0, 0.1) is 11.3 Å². The fraction of sp³-hybridized carbons (Fsp3) is 0.619. The van der Waals surface area contributed by atoms with Gasteiger partial charge in [-0.2, -0.15) is 5.26 Å². The molecule has 1 aromatic rings. The lowest BCUT2D eigenvalue weighted by Crippen LogP contribution is -2.42. The molecule has 0 N–H and O–H groups in total. The summed E-state index contributed by atoms with van der Waals surface area (Å²) < 4.78 is 11.3. The molecular formula is C21H31Cl2NO3Si. The molecule has 0 fully saturated rings. The normalized spacial score (nSPS) is 14.2. The Bertz CT molecular complexity index is 725. The molecule has 1 unspecified atom stereocenters. The lowest BCUT2D eigenvalue weighted by atomic mass is 9.75. The van der Waals surface area contributed by atoms with E-state index in [-0.39, 0.29) is 17.4 Å². The largest absolute Gasteiger partial charge is 0.466 e. The summed E-state index contributed by atoms with van der Waals surface area (Å²) in [5.41, 5.74) is -0.156. The Kier molecular flexibility index (Phi) is 9.02. The molecular weight excluding hydrogens is 413 g/mol.